The normalized spacial score (nSPS) is 15.1. The van der Waals surface area contributed by atoms with E-state index in [2.05, 4.69) is 20.6 Å². The molecule has 0 fully saturated rings. The third-order valence-corrected chi connectivity index (χ3v) is 4.66. The van der Waals surface area contributed by atoms with Gasteiger partial charge in [0.15, 0.2) is 11.3 Å². The first-order valence-corrected chi connectivity index (χ1v) is 8.72. The van der Waals surface area contributed by atoms with Crippen molar-refractivity contribution < 1.29 is 9.52 Å². The van der Waals surface area contributed by atoms with Crippen LogP contribution < -0.4 is 10.6 Å². The summed E-state index contributed by atoms with van der Waals surface area (Å²) in [5.74, 6) is 2.61. The van der Waals surface area contributed by atoms with Crippen molar-refractivity contribution >= 4 is 47.5 Å². The average Bonchev–Trinajstić information content (AvgIpc) is 3.42. The predicted octanol–water partition coefficient (Wildman–Crippen LogP) is 3.35. The summed E-state index contributed by atoms with van der Waals surface area (Å²) in [5, 5.41) is 17.7. The van der Waals surface area contributed by atoms with E-state index in [-0.39, 0.29) is 30.6 Å². The SMILES string of the molecule is Cl.Cl.Oc1cc(C2=NCCN2)cc2cc(-c3ccc(C4=NCCN4)cc3)oc12. The highest BCUT2D eigenvalue weighted by Crippen LogP contribution is 2.34. The number of rotatable bonds is 3. The van der Waals surface area contributed by atoms with Crippen molar-refractivity contribution in [1.82, 2.24) is 10.6 Å². The van der Waals surface area contributed by atoms with Crippen LogP contribution in [0.15, 0.2) is 56.9 Å². The van der Waals surface area contributed by atoms with Crippen LogP contribution in [0.1, 0.15) is 11.1 Å². The van der Waals surface area contributed by atoms with Crippen molar-refractivity contribution in [1.29, 1.82) is 0 Å². The van der Waals surface area contributed by atoms with Crippen LogP contribution in [0.25, 0.3) is 22.3 Å². The maximum atomic E-state index is 10.4. The van der Waals surface area contributed by atoms with Crippen LogP contribution >= 0.6 is 24.8 Å². The van der Waals surface area contributed by atoms with Gasteiger partial charge >= 0.3 is 0 Å². The number of aliphatic imine (C=N–C) groups is 2. The number of fused-ring (bicyclic) bond motifs is 1. The molecule has 0 aliphatic carbocycles. The van der Waals surface area contributed by atoms with E-state index in [9.17, 15) is 5.11 Å². The Bertz CT molecular complexity index is 1060. The molecule has 3 N–H and O–H groups in total. The number of nitrogens with one attached hydrogen (secondary N) is 2. The second kappa shape index (κ2) is 8.12. The Hall–Kier alpha value is -2.70. The molecule has 0 unspecified atom stereocenters. The molecule has 0 saturated heterocycles. The highest BCUT2D eigenvalue weighted by atomic mass is 35.5. The summed E-state index contributed by atoms with van der Waals surface area (Å²) >= 11 is 0. The minimum atomic E-state index is 0. The zero-order valence-electron chi connectivity index (χ0n) is 14.9. The highest BCUT2D eigenvalue weighted by molar-refractivity contribution is 6.04. The smallest absolute Gasteiger partial charge is 0.176 e. The van der Waals surface area contributed by atoms with Gasteiger partial charge in [0.1, 0.15) is 17.4 Å². The van der Waals surface area contributed by atoms with Crippen LogP contribution in [0.5, 0.6) is 5.75 Å². The Labute approximate surface area is 174 Å². The van der Waals surface area contributed by atoms with Gasteiger partial charge in [-0.3, -0.25) is 9.98 Å². The number of furan rings is 1. The molecule has 1 aromatic heterocycles. The van der Waals surface area contributed by atoms with E-state index < -0.39 is 0 Å². The van der Waals surface area contributed by atoms with Crippen molar-refractivity contribution in [3.8, 4) is 17.1 Å². The number of nitrogens with zero attached hydrogens (tertiary/aromatic N) is 2. The molecule has 2 aromatic carbocycles. The van der Waals surface area contributed by atoms with Crippen molar-refractivity contribution in [3.05, 3.63) is 53.6 Å². The second-order valence-electron chi connectivity index (χ2n) is 6.42. The molecule has 3 aromatic rings. The summed E-state index contributed by atoms with van der Waals surface area (Å²) in [6.07, 6.45) is 0. The fraction of sp³-hybridized carbons (Fsp3) is 0.200. The van der Waals surface area contributed by atoms with Crippen molar-refractivity contribution in [3.63, 3.8) is 0 Å². The molecule has 2 aliphatic heterocycles. The van der Waals surface area contributed by atoms with Crippen LogP contribution in [0, 0.1) is 0 Å². The van der Waals surface area contributed by atoms with E-state index in [0.717, 1.165) is 65.7 Å². The van der Waals surface area contributed by atoms with Gasteiger partial charge in [-0.05, 0) is 18.2 Å². The third kappa shape index (κ3) is 3.53. The monoisotopic (exact) mass is 418 g/mol. The van der Waals surface area contributed by atoms with E-state index in [4.69, 9.17) is 4.42 Å². The van der Waals surface area contributed by atoms with Gasteiger partial charge < -0.3 is 20.2 Å². The minimum Gasteiger partial charge on any atom is -0.504 e. The van der Waals surface area contributed by atoms with E-state index >= 15 is 0 Å². The number of benzene rings is 2. The van der Waals surface area contributed by atoms with Gasteiger partial charge in [-0.15, -0.1) is 24.8 Å². The number of hydrogen-bond acceptors (Lipinski definition) is 6. The fourth-order valence-electron chi connectivity index (χ4n) is 3.39. The summed E-state index contributed by atoms with van der Waals surface area (Å²) in [5.41, 5.74) is 3.40. The molecular weight excluding hydrogens is 399 g/mol. The van der Waals surface area contributed by atoms with Crippen LogP contribution in [0.2, 0.25) is 0 Å². The molecule has 6 nitrogen and oxygen atoms in total. The number of phenolic OH excluding ortho intramolecular Hbond substituents is 1. The zero-order valence-corrected chi connectivity index (χ0v) is 16.6. The van der Waals surface area contributed by atoms with E-state index in [0.29, 0.717) is 5.58 Å². The van der Waals surface area contributed by atoms with Gasteiger partial charge in [0.25, 0.3) is 0 Å². The lowest BCUT2D eigenvalue weighted by molar-refractivity contribution is 0.466. The summed E-state index contributed by atoms with van der Waals surface area (Å²) in [4.78, 5) is 8.85. The highest BCUT2D eigenvalue weighted by Gasteiger charge is 2.16. The van der Waals surface area contributed by atoms with Gasteiger partial charge in [-0.1, -0.05) is 24.3 Å². The summed E-state index contributed by atoms with van der Waals surface area (Å²) in [6, 6.07) is 13.7. The van der Waals surface area contributed by atoms with Crippen LogP contribution in [-0.2, 0) is 0 Å². The van der Waals surface area contributed by atoms with Gasteiger partial charge in [0.05, 0.1) is 13.1 Å². The Morgan fingerprint density at radius 3 is 2.00 bits per heavy atom. The molecule has 0 atom stereocenters. The Kier molecular flexibility index (Phi) is 5.82. The maximum absolute atomic E-state index is 10.4. The third-order valence-electron chi connectivity index (χ3n) is 4.66. The number of hydrogen-bond donors (Lipinski definition) is 3. The van der Waals surface area contributed by atoms with Crippen molar-refractivity contribution in [2.45, 2.75) is 0 Å². The first-order valence-electron chi connectivity index (χ1n) is 8.72. The molecule has 0 radical (unpaired) electrons. The summed E-state index contributed by atoms with van der Waals surface area (Å²) in [7, 11) is 0. The summed E-state index contributed by atoms with van der Waals surface area (Å²) in [6.45, 7) is 3.30. The minimum absolute atomic E-state index is 0. The van der Waals surface area contributed by atoms with E-state index in [1.165, 1.54) is 0 Å². The molecule has 0 bridgehead atoms. The summed E-state index contributed by atoms with van der Waals surface area (Å²) < 4.78 is 5.91. The largest absolute Gasteiger partial charge is 0.504 e. The number of aromatic hydroxyl groups is 1. The average molecular weight is 419 g/mol. The Balaban J connectivity index is 0.00000112. The van der Waals surface area contributed by atoms with E-state index in [1.54, 1.807) is 6.07 Å². The van der Waals surface area contributed by atoms with Crippen LogP contribution in [0.4, 0.5) is 0 Å². The van der Waals surface area contributed by atoms with Crippen LogP contribution in [-0.4, -0.2) is 43.0 Å². The van der Waals surface area contributed by atoms with Gasteiger partial charge in [0, 0.05) is 35.2 Å². The Morgan fingerprint density at radius 1 is 0.786 bits per heavy atom. The van der Waals surface area contributed by atoms with Crippen molar-refractivity contribution in [2.24, 2.45) is 9.98 Å². The van der Waals surface area contributed by atoms with E-state index in [1.807, 2.05) is 36.4 Å². The molecule has 8 heteroatoms. The Morgan fingerprint density at radius 2 is 1.39 bits per heavy atom. The quantitative estimate of drug-likeness (QED) is 0.608. The first kappa shape index (κ1) is 20.0. The molecular formula is C20H20Cl2N4O2. The van der Waals surface area contributed by atoms with Crippen LogP contribution in [0.3, 0.4) is 0 Å². The molecule has 3 heterocycles. The second-order valence-corrected chi connectivity index (χ2v) is 6.42. The fourth-order valence-corrected chi connectivity index (χ4v) is 3.39. The molecule has 0 amide bonds. The molecule has 0 spiro atoms. The lowest BCUT2D eigenvalue weighted by Crippen LogP contribution is -2.19. The lowest BCUT2D eigenvalue weighted by Gasteiger charge is -2.03. The van der Waals surface area contributed by atoms with Crippen molar-refractivity contribution in [2.75, 3.05) is 26.2 Å². The van der Waals surface area contributed by atoms with Gasteiger partial charge in [-0.25, -0.2) is 0 Å². The molecule has 5 rings (SSSR count). The molecule has 0 saturated carbocycles. The number of phenols is 1. The number of amidine groups is 2. The maximum Gasteiger partial charge on any atom is 0.176 e. The lowest BCUT2D eigenvalue weighted by atomic mass is 10.1. The molecule has 146 valence electrons. The molecule has 28 heavy (non-hydrogen) atoms. The number of halogens is 2. The molecule has 2 aliphatic rings. The first-order chi connectivity index (χ1) is 12.8. The zero-order chi connectivity index (χ0) is 17.5. The van der Waals surface area contributed by atoms with Gasteiger partial charge in [0.2, 0.25) is 0 Å². The topological polar surface area (TPSA) is 82.2 Å². The van der Waals surface area contributed by atoms with Gasteiger partial charge in [-0.2, -0.15) is 0 Å². The predicted molar refractivity (Wildman–Crippen MR) is 117 cm³/mol. The standard InChI is InChI=1S/C20H18N4O2.2ClH/c25-16-10-15(20-23-7-8-24-20)9-14-11-17(26-18(14)16)12-1-3-13(4-2-12)19-21-5-6-22-19;;/h1-4,9-11,25H,5-8H2,(H,21,22)(H,23,24);2*1H.